The molecule has 0 aliphatic heterocycles. The third-order valence-electron chi connectivity index (χ3n) is 3.13. The van der Waals surface area contributed by atoms with Crippen LogP contribution < -0.4 is 5.56 Å². The number of rotatable bonds is 4. The molecule has 5 nitrogen and oxygen atoms in total. The van der Waals surface area contributed by atoms with Gasteiger partial charge in [-0.25, -0.2) is 13.4 Å². The number of aryl methyl sites for hydroxylation is 1. The second-order valence-corrected chi connectivity index (χ2v) is 6.69. The quantitative estimate of drug-likeness (QED) is 0.851. The molecule has 0 radical (unpaired) electrons. The van der Waals surface area contributed by atoms with Gasteiger partial charge >= 0.3 is 6.18 Å². The molecule has 9 heteroatoms. The molecule has 0 aliphatic rings. The minimum atomic E-state index is -4.57. The topological polar surface area (TPSA) is 69.0 Å². The van der Waals surface area contributed by atoms with E-state index in [2.05, 4.69) is 4.98 Å². The highest BCUT2D eigenvalue weighted by Gasteiger charge is 2.31. The van der Waals surface area contributed by atoms with Crippen LogP contribution in [0.1, 0.15) is 18.1 Å². The summed E-state index contributed by atoms with van der Waals surface area (Å²) in [6.45, 7) is 1.91. The van der Waals surface area contributed by atoms with E-state index < -0.39 is 37.9 Å². The first-order valence-corrected chi connectivity index (χ1v) is 8.24. The van der Waals surface area contributed by atoms with Gasteiger partial charge in [-0.1, -0.05) is 18.2 Å². The van der Waals surface area contributed by atoms with Crippen molar-refractivity contribution in [1.82, 2.24) is 9.55 Å². The van der Waals surface area contributed by atoms with Crippen molar-refractivity contribution < 1.29 is 21.6 Å². The number of halogens is 3. The van der Waals surface area contributed by atoms with Gasteiger partial charge in [-0.2, -0.15) is 13.2 Å². The van der Waals surface area contributed by atoms with Crippen molar-refractivity contribution in [2.75, 3.05) is 0 Å². The second kappa shape index (κ2) is 6.15. The number of hydrogen-bond acceptors (Lipinski definition) is 4. The molecule has 2 aromatic rings. The van der Waals surface area contributed by atoms with Crippen LogP contribution in [0.15, 0.2) is 46.5 Å². The summed E-state index contributed by atoms with van der Waals surface area (Å²) in [6.07, 6.45) is -2.06. The molecule has 0 aliphatic carbocycles. The van der Waals surface area contributed by atoms with Crippen molar-refractivity contribution in [1.29, 1.82) is 0 Å². The van der Waals surface area contributed by atoms with Gasteiger partial charge in [0.1, 0.15) is 0 Å². The summed E-state index contributed by atoms with van der Waals surface area (Å²) in [5, 5.41) is -0.667. The number of alkyl halides is 3. The summed E-state index contributed by atoms with van der Waals surface area (Å²) >= 11 is 0. The fraction of sp³-hybridized carbons (Fsp3) is 0.286. The van der Waals surface area contributed by atoms with Gasteiger partial charge in [0.15, 0.2) is 0 Å². The van der Waals surface area contributed by atoms with Crippen molar-refractivity contribution in [3.8, 4) is 0 Å². The van der Waals surface area contributed by atoms with Gasteiger partial charge in [0, 0.05) is 18.9 Å². The molecule has 0 atom stereocenters. The Kier molecular flexibility index (Phi) is 4.60. The zero-order chi connectivity index (χ0) is 17.3. The Morgan fingerprint density at radius 2 is 1.96 bits per heavy atom. The zero-order valence-electron chi connectivity index (χ0n) is 12.0. The lowest BCUT2D eigenvalue weighted by molar-refractivity contribution is -0.137. The van der Waals surface area contributed by atoms with Gasteiger partial charge in [0.25, 0.3) is 5.56 Å². The Bertz CT molecular complexity index is 873. The molecule has 0 saturated heterocycles. The predicted octanol–water partition coefficient (Wildman–Crippen LogP) is 2.26. The summed E-state index contributed by atoms with van der Waals surface area (Å²) < 4.78 is 63.8. The summed E-state index contributed by atoms with van der Waals surface area (Å²) in [4.78, 5) is 15.6. The lowest BCUT2D eigenvalue weighted by Gasteiger charge is -2.09. The summed E-state index contributed by atoms with van der Waals surface area (Å²) in [6, 6.07) is 3.98. The average molecular weight is 346 g/mol. The van der Waals surface area contributed by atoms with Crippen LogP contribution in [0, 0.1) is 0 Å². The fourth-order valence-corrected chi connectivity index (χ4v) is 3.37. The molecule has 0 spiro atoms. The van der Waals surface area contributed by atoms with Crippen LogP contribution in [0.5, 0.6) is 0 Å². The van der Waals surface area contributed by atoms with Crippen LogP contribution in [-0.2, 0) is 28.3 Å². The average Bonchev–Trinajstić information content (AvgIpc) is 2.46. The second-order valence-electron chi connectivity index (χ2n) is 4.78. The van der Waals surface area contributed by atoms with Crippen molar-refractivity contribution in [3.63, 3.8) is 0 Å². The van der Waals surface area contributed by atoms with E-state index in [1.54, 1.807) is 6.92 Å². The Morgan fingerprint density at radius 1 is 1.26 bits per heavy atom. The van der Waals surface area contributed by atoms with Gasteiger partial charge < -0.3 is 4.57 Å². The lowest BCUT2D eigenvalue weighted by atomic mass is 10.1. The third-order valence-corrected chi connectivity index (χ3v) is 4.71. The molecule has 0 fully saturated rings. The molecule has 1 aromatic heterocycles. The highest BCUT2D eigenvalue weighted by Crippen LogP contribution is 2.30. The first kappa shape index (κ1) is 17.2. The molecule has 0 amide bonds. The smallest absolute Gasteiger partial charge is 0.312 e. The minimum Gasteiger partial charge on any atom is -0.312 e. The highest BCUT2D eigenvalue weighted by atomic mass is 32.2. The molecular weight excluding hydrogens is 333 g/mol. The van der Waals surface area contributed by atoms with Gasteiger partial charge in [0.05, 0.1) is 11.3 Å². The van der Waals surface area contributed by atoms with Crippen LogP contribution in [0.4, 0.5) is 13.2 Å². The predicted molar refractivity (Wildman–Crippen MR) is 76.5 cm³/mol. The van der Waals surface area contributed by atoms with E-state index in [4.69, 9.17) is 0 Å². The van der Waals surface area contributed by atoms with E-state index in [0.717, 1.165) is 22.8 Å². The molecular formula is C14H13F3N2O3S. The van der Waals surface area contributed by atoms with Crippen LogP contribution in [-0.4, -0.2) is 18.0 Å². The molecule has 0 bridgehead atoms. The zero-order valence-corrected chi connectivity index (χ0v) is 12.9. The van der Waals surface area contributed by atoms with Crippen molar-refractivity contribution in [2.45, 2.75) is 30.4 Å². The van der Waals surface area contributed by atoms with E-state index >= 15 is 0 Å². The normalized spacial score (nSPS) is 12.3. The third kappa shape index (κ3) is 3.79. The van der Waals surface area contributed by atoms with E-state index in [0.29, 0.717) is 0 Å². The van der Waals surface area contributed by atoms with Crippen LogP contribution in [0.25, 0.3) is 0 Å². The fourth-order valence-electron chi connectivity index (χ4n) is 2.01. The summed E-state index contributed by atoms with van der Waals surface area (Å²) in [5.41, 5.74) is -1.80. The van der Waals surface area contributed by atoms with E-state index in [9.17, 15) is 26.4 Å². The van der Waals surface area contributed by atoms with Gasteiger partial charge in [-0.15, -0.1) is 0 Å². The molecule has 1 heterocycles. The van der Waals surface area contributed by atoms with Gasteiger partial charge in [0.2, 0.25) is 14.9 Å². The molecule has 0 N–H and O–H groups in total. The Balaban J connectivity index is 2.42. The first-order valence-electron chi connectivity index (χ1n) is 6.59. The molecule has 0 saturated carbocycles. The number of hydrogen-bond donors (Lipinski definition) is 0. The van der Waals surface area contributed by atoms with E-state index in [1.807, 2.05) is 0 Å². The summed E-state index contributed by atoms with van der Waals surface area (Å²) in [5.74, 6) is -0.729. The minimum absolute atomic E-state index is 0.0621. The van der Waals surface area contributed by atoms with Crippen LogP contribution in [0.3, 0.4) is 0 Å². The lowest BCUT2D eigenvalue weighted by Crippen LogP contribution is -2.27. The molecule has 0 unspecified atom stereocenters. The number of sulfone groups is 1. The highest BCUT2D eigenvalue weighted by molar-refractivity contribution is 7.90. The largest absolute Gasteiger partial charge is 0.416 e. The van der Waals surface area contributed by atoms with Gasteiger partial charge in [-0.05, 0) is 18.6 Å². The SMILES string of the molecule is CCn1ccnc(S(=O)(=O)Cc2cccc(C(F)(F)F)c2)c1=O. The van der Waals surface area contributed by atoms with E-state index in [1.165, 1.54) is 18.5 Å². The maximum atomic E-state index is 12.7. The van der Waals surface area contributed by atoms with Crippen molar-refractivity contribution >= 4 is 9.84 Å². The maximum absolute atomic E-state index is 12.7. The van der Waals surface area contributed by atoms with Crippen molar-refractivity contribution in [3.05, 3.63) is 58.1 Å². The first-order chi connectivity index (χ1) is 10.6. The Labute approximate surface area is 130 Å². The van der Waals surface area contributed by atoms with Crippen LogP contribution in [0.2, 0.25) is 0 Å². The molecule has 2 rings (SSSR count). The molecule has 124 valence electrons. The standard InChI is InChI=1S/C14H13F3N2O3S/c1-2-19-7-6-18-12(13(19)20)23(21,22)9-10-4-3-5-11(8-10)14(15,16)17/h3-8H,2,9H2,1H3. The monoisotopic (exact) mass is 346 g/mol. The number of benzene rings is 1. The number of nitrogens with zero attached hydrogens (tertiary/aromatic N) is 2. The van der Waals surface area contributed by atoms with E-state index in [-0.39, 0.29) is 12.1 Å². The van der Waals surface area contributed by atoms with Crippen LogP contribution >= 0.6 is 0 Å². The van der Waals surface area contributed by atoms with Gasteiger partial charge in [-0.3, -0.25) is 4.79 Å². The van der Waals surface area contributed by atoms with Crippen molar-refractivity contribution in [2.24, 2.45) is 0 Å². The number of aromatic nitrogens is 2. The Morgan fingerprint density at radius 3 is 2.57 bits per heavy atom. The Hall–Kier alpha value is -2.16. The molecule has 1 aromatic carbocycles. The molecule has 23 heavy (non-hydrogen) atoms. The summed E-state index contributed by atoms with van der Waals surface area (Å²) in [7, 11) is -4.15. The maximum Gasteiger partial charge on any atom is 0.416 e.